The minimum Gasteiger partial charge on any atom is -0.497 e. The van der Waals surface area contributed by atoms with Gasteiger partial charge in [0.2, 0.25) is 0 Å². The summed E-state index contributed by atoms with van der Waals surface area (Å²) in [5.74, 6) is -0.159. The van der Waals surface area contributed by atoms with Gasteiger partial charge in [0.25, 0.3) is 0 Å². The molecule has 1 aliphatic heterocycles. The van der Waals surface area contributed by atoms with E-state index in [0.29, 0.717) is 26.1 Å². The molecule has 6 nitrogen and oxygen atoms in total. The average molecular weight is 291 g/mol. The monoisotopic (exact) mass is 291 g/mol. The highest BCUT2D eigenvalue weighted by Gasteiger charge is 2.22. The molecule has 2 amide bonds. The van der Waals surface area contributed by atoms with E-state index >= 15 is 0 Å². The minimum atomic E-state index is -0.523. The van der Waals surface area contributed by atoms with Crippen molar-refractivity contribution >= 4 is 11.8 Å². The van der Waals surface area contributed by atoms with Gasteiger partial charge < -0.3 is 20.3 Å². The zero-order valence-electron chi connectivity index (χ0n) is 12.2. The molecule has 2 N–H and O–H groups in total. The molecular weight excluding hydrogens is 270 g/mol. The fourth-order valence-electron chi connectivity index (χ4n) is 2.20. The molecule has 0 aromatic heterocycles. The van der Waals surface area contributed by atoms with Crippen LogP contribution in [0.15, 0.2) is 24.3 Å². The van der Waals surface area contributed by atoms with Crippen LogP contribution in [0, 0.1) is 0 Å². The van der Waals surface area contributed by atoms with Crippen molar-refractivity contribution in [2.45, 2.75) is 6.42 Å². The molecule has 1 fully saturated rings. The average Bonchev–Trinajstić information content (AvgIpc) is 2.55. The lowest BCUT2D eigenvalue weighted by atomic mass is 10.1. The maximum absolute atomic E-state index is 11.9. The van der Waals surface area contributed by atoms with E-state index < -0.39 is 11.8 Å². The number of hydrogen-bond acceptors (Lipinski definition) is 4. The molecule has 0 radical (unpaired) electrons. The van der Waals surface area contributed by atoms with Crippen molar-refractivity contribution in [3.63, 3.8) is 0 Å². The first-order valence-electron chi connectivity index (χ1n) is 7.11. The molecule has 1 aliphatic rings. The Bertz CT molecular complexity index is 481. The third-order valence-corrected chi connectivity index (χ3v) is 3.46. The van der Waals surface area contributed by atoms with Crippen molar-refractivity contribution < 1.29 is 14.3 Å². The Balaban J connectivity index is 1.74. The Labute approximate surface area is 124 Å². The van der Waals surface area contributed by atoms with E-state index in [-0.39, 0.29) is 0 Å². The number of rotatable bonds is 4. The van der Waals surface area contributed by atoms with E-state index in [2.05, 4.69) is 10.6 Å². The van der Waals surface area contributed by atoms with E-state index in [0.717, 1.165) is 24.4 Å². The summed E-state index contributed by atoms with van der Waals surface area (Å²) in [4.78, 5) is 25.3. The number of benzene rings is 1. The summed E-state index contributed by atoms with van der Waals surface area (Å²) in [6.07, 6.45) is 0.685. The zero-order chi connectivity index (χ0) is 15.1. The normalized spacial score (nSPS) is 14.6. The molecule has 1 saturated heterocycles. The lowest BCUT2D eigenvalue weighted by molar-refractivity contribution is -0.146. The van der Waals surface area contributed by atoms with Gasteiger partial charge in [-0.25, -0.2) is 0 Å². The summed E-state index contributed by atoms with van der Waals surface area (Å²) in [6.45, 7) is 3.11. The Morgan fingerprint density at radius 2 is 1.90 bits per heavy atom. The Kier molecular flexibility index (Phi) is 5.57. The van der Waals surface area contributed by atoms with Gasteiger partial charge in [-0.1, -0.05) is 12.1 Å². The van der Waals surface area contributed by atoms with E-state index in [1.807, 2.05) is 24.3 Å². The van der Waals surface area contributed by atoms with Crippen LogP contribution in [0.3, 0.4) is 0 Å². The highest BCUT2D eigenvalue weighted by Crippen LogP contribution is 2.11. The lowest BCUT2D eigenvalue weighted by Gasteiger charge is -2.26. The van der Waals surface area contributed by atoms with Gasteiger partial charge in [0, 0.05) is 32.7 Å². The molecular formula is C15H21N3O3. The summed E-state index contributed by atoms with van der Waals surface area (Å²) >= 11 is 0. The van der Waals surface area contributed by atoms with Gasteiger partial charge in [0.15, 0.2) is 0 Å². The highest BCUT2D eigenvalue weighted by atomic mass is 16.5. The van der Waals surface area contributed by atoms with Gasteiger partial charge in [0.05, 0.1) is 7.11 Å². The molecule has 0 saturated carbocycles. The number of piperazine rings is 1. The van der Waals surface area contributed by atoms with Crippen molar-refractivity contribution in [1.29, 1.82) is 0 Å². The molecule has 0 aliphatic carbocycles. The number of nitrogens with one attached hydrogen (secondary N) is 2. The Morgan fingerprint density at radius 3 is 2.52 bits per heavy atom. The SMILES string of the molecule is COc1ccc(CCNC(=O)C(=O)N2CCNCC2)cc1. The van der Waals surface area contributed by atoms with E-state index in [1.54, 1.807) is 12.0 Å². The van der Waals surface area contributed by atoms with Crippen LogP contribution in [0.2, 0.25) is 0 Å². The first-order chi connectivity index (χ1) is 10.2. The summed E-state index contributed by atoms with van der Waals surface area (Å²) in [6, 6.07) is 7.65. The summed E-state index contributed by atoms with van der Waals surface area (Å²) < 4.78 is 5.09. The van der Waals surface area contributed by atoms with Crippen LogP contribution in [-0.2, 0) is 16.0 Å². The maximum Gasteiger partial charge on any atom is 0.311 e. The van der Waals surface area contributed by atoms with Crippen LogP contribution in [0.5, 0.6) is 5.75 Å². The lowest BCUT2D eigenvalue weighted by Crippen LogP contribution is -2.51. The molecule has 0 spiro atoms. The second kappa shape index (κ2) is 7.64. The summed E-state index contributed by atoms with van der Waals surface area (Å²) in [5, 5.41) is 5.82. The first kappa shape index (κ1) is 15.3. The molecule has 1 aromatic carbocycles. The molecule has 2 rings (SSSR count). The molecule has 0 unspecified atom stereocenters. The number of carbonyl (C=O) groups is 2. The van der Waals surface area contributed by atoms with Crippen LogP contribution in [0.4, 0.5) is 0 Å². The van der Waals surface area contributed by atoms with Crippen molar-refractivity contribution in [2.75, 3.05) is 39.8 Å². The van der Waals surface area contributed by atoms with Gasteiger partial charge in [-0.15, -0.1) is 0 Å². The molecule has 1 heterocycles. The Hall–Kier alpha value is -2.08. The number of ether oxygens (including phenoxy) is 1. The number of carbonyl (C=O) groups excluding carboxylic acids is 2. The molecule has 114 valence electrons. The smallest absolute Gasteiger partial charge is 0.311 e. The van der Waals surface area contributed by atoms with Crippen molar-refractivity contribution in [2.24, 2.45) is 0 Å². The van der Waals surface area contributed by atoms with Gasteiger partial charge >= 0.3 is 11.8 Å². The fourth-order valence-corrected chi connectivity index (χ4v) is 2.20. The largest absolute Gasteiger partial charge is 0.497 e. The third-order valence-electron chi connectivity index (χ3n) is 3.46. The molecule has 0 atom stereocenters. The zero-order valence-corrected chi connectivity index (χ0v) is 12.2. The van der Waals surface area contributed by atoms with Crippen molar-refractivity contribution in [1.82, 2.24) is 15.5 Å². The molecule has 0 bridgehead atoms. The van der Waals surface area contributed by atoms with Crippen molar-refractivity contribution in [3.8, 4) is 5.75 Å². The van der Waals surface area contributed by atoms with E-state index in [4.69, 9.17) is 4.74 Å². The highest BCUT2D eigenvalue weighted by molar-refractivity contribution is 6.35. The van der Waals surface area contributed by atoms with Gasteiger partial charge in [0.1, 0.15) is 5.75 Å². The fraction of sp³-hybridized carbons (Fsp3) is 0.467. The second-order valence-corrected chi connectivity index (χ2v) is 4.90. The number of hydrogen-bond donors (Lipinski definition) is 2. The number of amides is 2. The third kappa shape index (κ3) is 4.46. The first-order valence-corrected chi connectivity index (χ1v) is 7.11. The van der Waals surface area contributed by atoms with Gasteiger partial charge in [-0.2, -0.15) is 0 Å². The van der Waals surface area contributed by atoms with Crippen LogP contribution in [-0.4, -0.2) is 56.5 Å². The van der Waals surface area contributed by atoms with Crippen molar-refractivity contribution in [3.05, 3.63) is 29.8 Å². The van der Waals surface area contributed by atoms with Crippen LogP contribution in [0.1, 0.15) is 5.56 Å². The molecule has 1 aromatic rings. The van der Waals surface area contributed by atoms with Gasteiger partial charge in [-0.05, 0) is 24.1 Å². The predicted octanol–water partition coefficient (Wildman–Crippen LogP) is -0.214. The maximum atomic E-state index is 11.9. The second-order valence-electron chi connectivity index (χ2n) is 4.90. The van der Waals surface area contributed by atoms with Gasteiger partial charge in [-0.3, -0.25) is 9.59 Å². The standard InChI is InChI=1S/C15H21N3O3/c1-21-13-4-2-12(3-5-13)6-7-17-14(19)15(20)18-10-8-16-9-11-18/h2-5,16H,6-11H2,1H3,(H,17,19). The predicted molar refractivity (Wildman–Crippen MR) is 79.2 cm³/mol. The van der Waals surface area contributed by atoms with Crippen LogP contribution >= 0.6 is 0 Å². The Morgan fingerprint density at radius 1 is 1.24 bits per heavy atom. The van der Waals surface area contributed by atoms with E-state index in [1.165, 1.54) is 0 Å². The minimum absolute atomic E-state index is 0.439. The van der Waals surface area contributed by atoms with E-state index in [9.17, 15) is 9.59 Å². The number of nitrogens with zero attached hydrogens (tertiary/aromatic N) is 1. The van der Waals surface area contributed by atoms with Crippen LogP contribution in [0.25, 0.3) is 0 Å². The summed E-state index contributed by atoms with van der Waals surface area (Å²) in [7, 11) is 1.62. The topological polar surface area (TPSA) is 70.7 Å². The summed E-state index contributed by atoms with van der Waals surface area (Å²) in [5.41, 5.74) is 1.09. The van der Waals surface area contributed by atoms with Crippen LogP contribution < -0.4 is 15.4 Å². The quantitative estimate of drug-likeness (QED) is 0.753. The number of methoxy groups -OCH3 is 1. The molecule has 21 heavy (non-hydrogen) atoms. The molecule has 6 heteroatoms.